The van der Waals surface area contributed by atoms with Gasteiger partial charge in [-0.05, 0) is 56.4 Å². The lowest BCUT2D eigenvalue weighted by Gasteiger charge is -2.27. The highest BCUT2D eigenvalue weighted by molar-refractivity contribution is 5.94. The number of hydrogen-bond donors (Lipinski definition) is 3. The lowest BCUT2D eigenvalue weighted by Crippen LogP contribution is -2.32. The molecule has 0 radical (unpaired) electrons. The van der Waals surface area contributed by atoms with E-state index in [0.717, 1.165) is 36.9 Å². The van der Waals surface area contributed by atoms with Crippen LogP contribution in [0.5, 0.6) is 0 Å². The van der Waals surface area contributed by atoms with Crippen LogP contribution in [-0.2, 0) is 0 Å². The first-order valence-electron chi connectivity index (χ1n) is 6.49. The van der Waals surface area contributed by atoms with Crippen molar-refractivity contribution in [1.82, 2.24) is 0 Å². The van der Waals surface area contributed by atoms with Gasteiger partial charge in [0.15, 0.2) is 0 Å². The zero-order valence-corrected chi connectivity index (χ0v) is 10.8. The highest BCUT2D eigenvalue weighted by Gasteiger charge is 2.18. The van der Waals surface area contributed by atoms with Crippen molar-refractivity contribution in [2.24, 2.45) is 11.5 Å². The Kier molecular flexibility index (Phi) is 3.87. The van der Waals surface area contributed by atoms with Crippen molar-refractivity contribution >= 4 is 11.6 Å². The van der Waals surface area contributed by atoms with Crippen LogP contribution in [0.1, 0.15) is 41.6 Å². The Morgan fingerprint density at radius 2 is 1.94 bits per heavy atom. The topological polar surface area (TPSA) is 81.1 Å². The van der Waals surface area contributed by atoms with E-state index in [1.165, 1.54) is 0 Å². The van der Waals surface area contributed by atoms with Crippen molar-refractivity contribution in [3.05, 3.63) is 29.3 Å². The maximum absolute atomic E-state index is 11.1. The summed E-state index contributed by atoms with van der Waals surface area (Å²) in [4.78, 5) is 11.1. The van der Waals surface area contributed by atoms with Gasteiger partial charge in [-0.1, -0.05) is 0 Å². The number of carbonyl (C=O) groups is 1. The summed E-state index contributed by atoms with van der Waals surface area (Å²) >= 11 is 0. The van der Waals surface area contributed by atoms with E-state index in [0.29, 0.717) is 17.6 Å². The molecule has 1 aliphatic carbocycles. The van der Waals surface area contributed by atoms with Crippen molar-refractivity contribution in [1.29, 1.82) is 0 Å². The molecule has 98 valence electrons. The molecule has 0 spiro atoms. The van der Waals surface area contributed by atoms with E-state index in [9.17, 15) is 4.79 Å². The second kappa shape index (κ2) is 5.40. The van der Waals surface area contributed by atoms with E-state index in [1.54, 1.807) is 6.07 Å². The van der Waals surface area contributed by atoms with E-state index < -0.39 is 0 Å². The fraction of sp³-hybridized carbons (Fsp3) is 0.500. The number of benzene rings is 1. The summed E-state index contributed by atoms with van der Waals surface area (Å²) in [5.74, 6) is -0.373. The van der Waals surface area contributed by atoms with Crippen molar-refractivity contribution < 1.29 is 4.79 Å². The Balaban J connectivity index is 2.02. The Hall–Kier alpha value is -1.55. The zero-order valence-electron chi connectivity index (χ0n) is 10.8. The summed E-state index contributed by atoms with van der Waals surface area (Å²) in [5.41, 5.74) is 13.7. The van der Waals surface area contributed by atoms with Gasteiger partial charge in [0.1, 0.15) is 0 Å². The smallest absolute Gasteiger partial charge is 0.248 e. The number of nitrogens with two attached hydrogens (primary N) is 2. The number of amides is 1. The van der Waals surface area contributed by atoms with Gasteiger partial charge < -0.3 is 16.8 Å². The summed E-state index contributed by atoms with van der Waals surface area (Å²) in [6.45, 7) is 1.90. The molecule has 0 unspecified atom stereocenters. The highest BCUT2D eigenvalue weighted by atomic mass is 16.1. The fourth-order valence-electron chi connectivity index (χ4n) is 2.53. The van der Waals surface area contributed by atoms with Gasteiger partial charge in [0.2, 0.25) is 5.91 Å². The maximum atomic E-state index is 11.1. The van der Waals surface area contributed by atoms with Crippen LogP contribution in [0.2, 0.25) is 0 Å². The van der Waals surface area contributed by atoms with Crippen LogP contribution in [0.15, 0.2) is 18.2 Å². The molecule has 0 aromatic heterocycles. The molecule has 0 bridgehead atoms. The van der Waals surface area contributed by atoms with Gasteiger partial charge >= 0.3 is 0 Å². The molecule has 1 aromatic carbocycles. The summed E-state index contributed by atoms with van der Waals surface area (Å²) in [6.07, 6.45) is 4.38. The van der Waals surface area contributed by atoms with E-state index in [4.69, 9.17) is 11.5 Å². The number of primary amides is 1. The van der Waals surface area contributed by atoms with Gasteiger partial charge in [0.05, 0.1) is 0 Å². The molecule has 5 N–H and O–H groups in total. The van der Waals surface area contributed by atoms with E-state index in [2.05, 4.69) is 5.32 Å². The minimum atomic E-state index is -0.373. The normalized spacial score (nSPS) is 23.7. The maximum Gasteiger partial charge on any atom is 0.248 e. The third kappa shape index (κ3) is 3.01. The van der Waals surface area contributed by atoms with Gasteiger partial charge in [-0.3, -0.25) is 4.79 Å². The molecular weight excluding hydrogens is 226 g/mol. The second-order valence-corrected chi connectivity index (χ2v) is 5.15. The third-order valence-electron chi connectivity index (χ3n) is 3.63. The molecule has 1 amide bonds. The number of anilines is 1. The quantitative estimate of drug-likeness (QED) is 0.761. The molecule has 1 saturated carbocycles. The lowest BCUT2D eigenvalue weighted by molar-refractivity contribution is 0.1000. The average molecular weight is 247 g/mol. The summed E-state index contributed by atoms with van der Waals surface area (Å²) in [5, 5.41) is 3.50. The van der Waals surface area contributed by atoms with Gasteiger partial charge in [0, 0.05) is 23.3 Å². The van der Waals surface area contributed by atoms with Gasteiger partial charge in [-0.25, -0.2) is 0 Å². The van der Waals surface area contributed by atoms with Crippen LogP contribution in [0, 0.1) is 6.92 Å². The average Bonchev–Trinajstić information content (AvgIpc) is 2.32. The molecule has 4 nitrogen and oxygen atoms in total. The van der Waals surface area contributed by atoms with Crippen molar-refractivity contribution in [2.75, 3.05) is 5.32 Å². The Labute approximate surface area is 108 Å². The largest absolute Gasteiger partial charge is 0.382 e. The first kappa shape index (κ1) is 12.9. The fourth-order valence-corrected chi connectivity index (χ4v) is 2.53. The molecule has 0 saturated heterocycles. The van der Waals surface area contributed by atoms with Gasteiger partial charge in [0.25, 0.3) is 0 Å². The van der Waals surface area contributed by atoms with Gasteiger partial charge in [-0.15, -0.1) is 0 Å². The van der Waals surface area contributed by atoms with Crippen LogP contribution in [0.25, 0.3) is 0 Å². The molecule has 1 fully saturated rings. The molecule has 1 aliphatic rings. The zero-order chi connectivity index (χ0) is 13.1. The molecule has 4 heteroatoms. The van der Waals surface area contributed by atoms with E-state index in [-0.39, 0.29) is 5.91 Å². The summed E-state index contributed by atoms with van der Waals surface area (Å²) < 4.78 is 0. The molecule has 0 aliphatic heterocycles. The number of aryl methyl sites for hydroxylation is 1. The lowest BCUT2D eigenvalue weighted by atomic mass is 9.91. The first-order chi connectivity index (χ1) is 8.56. The standard InChI is InChI=1S/C14H21N3O/c1-9-8-12(6-7-13(9)14(16)18)17-11-4-2-10(15)3-5-11/h6-8,10-11,17H,2-5,15H2,1H3,(H2,16,18). The van der Waals surface area contributed by atoms with Gasteiger partial charge in [-0.2, -0.15) is 0 Å². The third-order valence-corrected chi connectivity index (χ3v) is 3.63. The van der Waals surface area contributed by atoms with Crippen LogP contribution in [0.4, 0.5) is 5.69 Å². The molecule has 2 rings (SSSR count). The molecular formula is C14H21N3O. The minimum absolute atomic E-state index is 0.363. The van der Waals surface area contributed by atoms with E-state index >= 15 is 0 Å². The SMILES string of the molecule is Cc1cc(NC2CCC(N)CC2)ccc1C(N)=O. The molecule has 0 heterocycles. The predicted octanol–water partition coefficient (Wildman–Crippen LogP) is 1.78. The molecule has 18 heavy (non-hydrogen) atoms. The molecule has 1 aromatic rings. The second-order valence-electron chi connectivity index (χ2n) is 5.15. The summed E-state index contributed by atoms with van der Waals surface area (Å²) in [7, 11) is 0. The number of carbonyl (C=O) groups excluding carboxylic acids is 1. The predicted molar refractivity (Wildman–Crippen MR) is 73.6 cm³/mol. The highest BCUT2D eigenvalue weighted by Crippen LogP contribution is 2.22. The van der Waals surface area contributed by atoms with Crippen molar-refractivity contribution in [2.45, 2.75) is 44.7 Å². The monoisotopic (exact) mass is 247 g/mol. The van der Waals surface area contributed by atoms with Crippen molar-refractivity contribution in [3.8, 4) is 0 Å². The van der Waals surface area contributed by atoms with Crippen LogP contribution < -0.4 is 16.8 Å². The van der Waals surface area contributed by atoms with Crippen LogP contribution in [0.3, 0.4) is 0 Å². The Morgan fingerprint density at radius 1 is 1.28 bits per heavy atom. The number of rotatable bonds is 3. The Morgan fingerprint density at radius 3 is 2.50 bits per heavy atom. The number of hydrogen-bond acceptors (Lipinski definition) is 3. The van der Waals surface area contributed by atoms with Crippen LogP contribution in [-0.4, -0.2) is 18.0 Å². The van der Waals surface area contributed by atoms with Crippen molar-refractivity contribution in [3.63, 3.8) is 0 Å². The molecule has 0 atom stereocenters. The van der Waals surface area contributed by atoms with Crippen LogP contribution >= 0.6 is 0 Å². The Bertz CT molecular complexity index is 437. The summed E-state index contributed by atoms with van der Waals surface area (Å²) in [6, 6.07) is 6.54. The first-order valence-corrected chi connectivity index (χ1v) is 6.49. The van der Waals surface area contributed by atoms with E-state index in [1.807, 2.05) is 19.1 Å². The number of nitrogens with one attached hydrogen (secondary N) is 1. The minimum Gasteiger partial charge on any atom is -0.382 e.